The van der Waals surface area contributed by atoms with Crippen LogP contribution >= 0.6 is 11.8 Å². The fourth-order valence-electron chi connectivity index (χ4n) is 2.84. The molecule has 0 radical (unpaired) electrons. The van der Waals surface area contributed by atoms with Crippen LogP contribution < -0.4 is 10.6 Å². The van der Waals surface area contributed by atoms with E-state index in [4.69, 9.17) is 4.74 Å². The maximum atomic E-state index is 11.8. The number of nitrogens with one attached hydrogen (secondary N) is 2. The number of anilines is 1. The summed E-state index contributed by atoms with van der Waals surface area (Å²) in [4.78, 5) is 25.4. The molecule has 29 heavy (non-hydrogen) atoms. The minimum atomic E-state index is -0.0946. The lowest BCUT2D eigenvalue weighted by Crippen LogP contribution is -2.25. The number of aliphatic imine (C=N–C) groups is 1. The Morgan fingerprint density at radius 3 is 2.72 bits per heavy atom. The summed E-state index contributed by atoms with van der Waals surface area (Å²) in [6, 6.07) is 0. The van der Waals surface area contributed by atoms with Crippen LogP contribution in [0.3, 0.4) is 0 Å². The van der Waals surface area contributed by atoms with E-state index in [1.807, 2.05) is 44.6 Å². The van der Waals surface area contributed by atoms with Gasteiger partial charge in [0.2, 0.25) is 5.95 Å². The SMILES string of the molecule is C=N/C(=C\C=C(/C)[C@H]1C[C@@H]1C(=O)OCC)NC[C@@H](C)CNc1ncc(SC)cn1. The number of hydrogen-bond acceptors (Lipinski definition) is 8. The molecule has 158 valence electrons. The number of hydrogen-bond donors (Lipinski definition) is 2. The van der Waals surface area contributed by atoms with Crippen molar-refractivity contribution >= 4 is 30.4 Å². The van der Waals surface area contributed by atoms with Gasteiger partial charge in [-0.05, 0) is 51.2 Å². The molecule has 2 rings (SSSR count). The molecular weight excluding hydrogens is 386 g/mol. The molecule has 1 heterocycles. The second-order valence-corrected chi connectivity index (χ2v) is 8.01. The summed E-state index contributed by atoms with van der Waals surface area (Å²) in [5, 5.41) is 6.55. The van der Waals surface area contributed by atoms with Gasteiger partial charge in [-0.2, -0.15) is 0 Å². The molecular formula is C21H31N5O2S. The Balaban J connectivity index is 1.76. The normalized spacial score (nSPS) is 20.0. The van der Waals surface area contributed by atoms with Gasteiger partial charge in [0.25, 0.3) is 0 Å². The van der Waals surface area contributed by atoms with E-state index in [9.17, 15) is 4.79 Å². The van der Waals surface area contributed by atoms with Crippen molar-refractivity contribution in [1.29, 1.82) is 0 Å². The highest BCUT2D eigenvalue weighted by Crippen LogP contribution is 2.44. The number of thioether (sulfide) groups is 1. The molecule has 1 aromatic heterocycles. The quantitative estimate of drug-likeness (QED) is 0.233. The van der Waals surface area contributed by atoms with Crippen molar-refractivity contribution in [2.45, 2.75) is 32.1 Å². The molecule has 1 aliphatic carbocycles. The first-order valence-corrected chi connectivity index (χ1v) is 11.1. The van der Waals surface area contributed by atoms with E-state index in [1.165, 1.54) is 0 Å². The number of carbonyl (C=O) groups excluding carboxylic acids is 1. The number of ether oxygens (including phenoxy) is 1. The van der Waals surface area contributed by atoms with E-state index in [1.54, 1.807) is 11.8 Å². The lowest BCUT2D eigenvalue weighted by Gasteiger charge is -2.14. The first-order valence-electron chi connectivity index (χ1n) is 9.84. The third-order valence-electron chi connectivity index (χ3n) is 4.74. The van der Waals surface area contributed by atoms with E-state index in [0.29, 0.717) is 24.3 Å². The molecule has 0 bridgehead atoms. The summed E-state index contributed by atoms with van der Waals surface area (Å²) in [7, 11) is 0. The van der Waals surface area contributed by atoms with Gasteiger partial charge in [-0.3, -0.25) is 4.79 Å². The zero-order valence-electron chi connectivity index (χ0n) is 17.6. The second kappa shape index (κ2) is 11.6. The van der Waals surface area contributed by atoms with Crippen molar-refractivity contribution < 1.29 is 9.53 Å². The number of nitrogens with zero attached hydrogens (tertiary/aromatic N) is 3. The van der Waals surface area contributed by atoms with Gasteiger partial charge in [0, 0.05) is 30.4 Å². The molecule has 0 aliphatic heterocycles. The first kappa shape index (κ1) is 22.9. The zero-order chi connectivity index (χ0) is 21.2. The average Bonchev–Trinajstić information content (AvgIpc) is 3.54. The Morgan fingerprint density at radius 2 is 2.10 bits per heavy atom. The third-order valence-corrected chi connectivity index (χ3v) is 5.43. The molecule has 0 spiro atoms. The van der Waals surface area contributed by atoms with Crippen LogP contribution in [0.5, 0.6) is 0 Å². The van der Waals surface area contributed by atoms with Crippen LogP contribution in [0.2, 0.25) is 0 Å². The van der Waals surface area contributed by atoms with Crippen LogP contribution in [0.4, 0.5) is 5.95 Å². The number of carbonyl (C=O) groups is 1. The van der Waals surface area contributed by atoms with E-state index in [-0.39, 0.29) is 17.8 Å². The van der Waals surface area contributed by atoms with E-state index >= 15 is 0 Å². The molecule has 0 amide bonds. The number of esters is 1. The van der Waals surface area contributed by atoms with Crippen LogP contribution in [0.15, 0.2) is 45.8 Å². The molecule has 3 atom stereocenters. The molecule has 1 fully saturated rings. The Labute approximate surface area is 177 Å². The van der Waals surface area contributed by atoms with Crippen LogP contribution in [-0.4, -0.2) is 48.6 Å². The number of allylic oxidation sites excluding steroid dienone is 3. The van der Waals surface area contributed by atoms with Crippen molar-refractivity contribution in [3.63, 3.8) is 0 Å². The lowest BCUT2D eigenvalue weighted by atomic mass is 10.1. The van der Waals surface area contributed by atoms with Crippen LogP contribution in [0.1, 0.15) is 27.2 Å². The zero-order valence-corrected chi connectivity index (χ0v) is 18.5. The molecule has 0 unspecified atom stereocenters. The van der Waals surface area contributed by atoms with E-state index in [0.717, 1.165) is 30.0 Å². The van der Waals surface area contributed by atoms with Crippen molar-refractivity contribution in [2.24, 2.45) is 22.7 Å². The molecule has 8 heteroatoms. The minimum absolute atomic E-state index is 0.00556. The molecule has 0 saturated heterocycles. The predicted molar refractivity (Wildman–Crippen MR) is 119 cm³/mol. The van der Waals surface area contributed by atoms with Crippen molar-refractivity contribution in [3.05, 3.63) is 35.9 Å². The summed E-state index contributed by atoms with van der Waals surface area (Å²) in [6.07, 6.45) is 10.4. The topological polar surface area (TPSA) is 88.5 Å². The highest BCUT2D eigenvalue weighted by atomic mass is 32.2. The smallest absolute Gasteiger partial charge is 0.309 e. The first-order chi connectivity index (χ1) is 14.0. The van der Waals surface area contributed by atoms with Crippen LogP contribution in [0.25, 0.3) is 0 Å². The molecule has 1 aliphatic rings. The fourth-order valence-corrected chi connectivity index (χ4v) is 3.16. The van der Waals surface area contributed by atoms with Crippen molar-refractivity contribution in [2.75, 3.05) is 31.3 Å². The van der Waals surface area contributed by atoms with E-state index in [2.05, 4.69) is 39.2 Å². The summed E-state index contributed by atoms with van der Waals surface area (Å²) in [5.74, 6) is 1.87. The van der Waals surface area contributed by atoms with Crippen molar-refractivity contribution in [3.8, 4) is 0 Å². The molecule has 0 aromatic carbocycles. The lowest BCUT2D eigenvalue weighted by molar-refractivity contribution is -0.144. The van der Waals surface area contributed by atoms with Gasteiger partial charge in [-0.1, -0.05) is 18.6 Å². The maximum absolute atomic E-state index is 11.8. The summed E-state index contributed by atoms with van der Waals surface area (Å²) < 4.78 is 5.09. The highest BCUT2D eigenvalue weighted by molar-refractivity contribution is 7.98. The van der Waals surface area contributed by atoms with Gasteiger partial charge in [0.05, 0.1) is 12.5 Å². The van der Waals surface area contributed by atoms with Gasteiger partial charge in [-0.25, -0.2) is 15.0 Å². The molecule has 1 aromatic rings. The summed E-state index contributed by atoms with van der Waals surface area (Å²) >= 11 is 1.62. The third kappa shape index (κ3) is 7.53. The second-order valence-electron chi connectivity index (χ2n) is 7.13. The van der Waals surface area contributed by atoms with Gasteiger partial charge in [0.15, 0.2) is 0 Å². The predicted octanol–water partition coefficient (Wildman–Crippen LogP) is 3.52. The van der Waals surface area contributed by atoms with Crippen molar-refractivity contribution in [1.82, 2.24) is 15.3 Å². The van der Waals surface area contributed by atoms with Gasteiger partial charge < -0.3 is 15.4 Å². The summed E-state index contributed by atoms with van der Waals surface area (Å²) in [5.41, 5.74) is 1.16. The van der Waals surface area contributed by atoms with Crippen LogP contribution in [-0.2, 0) is 9.53 Å². The molecule has 1 saturated carbocycles. The Bertz CT molecular complexity index is 748. The summed E-state index contributed by atoms with van der Waals surface area (Å²) in [6.45, 7) is 11.5. The monoisotopic (exact) mass is 417 g/mol. The van der Waals surface area contributed by atoms with Gasteiger partial charge in [-0.15, -0.1) is 11.8 Å². The standard InChI is InChI=1S/C21H31N5O2S/c1-6-28-20(27)18-9-17(18)15(3)7-8-19(22-4)23-10-14(2)11-24-21-25-12-16(29-5)13-26-21/h7-8,12-14,17-18,23H,4,6,9-11H2,1-3,5H3,(H,24,25,26)/b15-7+,19-8+/t14-,17-,18+/m1/s1. The Morgan fingerprint density at radius 1 is 1.38 bits per heavy atom. The highest BCUT2D eigenvalue weighted by Gasteiger charge is 2.44. The van der Waals surface area contributed by atoms with Gasteiger partial charge in [0.1, 0.15) is 5.82 Å². The molecule has 7 nitrogen and oxygen atoms in total. The largest absolute Gasteiger partial charge is 0.466 e. The average molecular weight is 418 g/mol. The minimum Gasteiger partial charge on any atom is -0.466 e. The number of aromatic nitrogens is 2. The van der Waals surface area contributed by atoms with E-state index < -0.39 is 0 Å². The van der Waals surface area contributed by atoms with Gasteiger partial charge >= 0.3 is 5.97 Å². The Hall–Kier alpha value is -2.35. The Kier molecular flexibility index (Phi) is 9.18. The fraction of sp³-hybridized carbons (Fsp3) is 0.524. The molecule has 2 N–H and O–H groups in total. The maximum Gasteiger partial charge on any atom is 0.309 e. The van der Waals surface area contributed by atoms with Crippen LogP contribution in [0, 0.1) is 17.8 Å². The number of rotatable bonds is 12.